The molecule has 0 aliphatic carbocycles. The summed E-state index contributed by atoms with van der Waals surface area (Å²) in [4.78, 5) is 0. The van der Waals surface area contributed by atoms with E-state index < -0.39 is 0 Å². The van der Waals surface area contributed by atoms with Crippen LogP contribution in [0.15, 0.2) is 41.0 Å². The Bertz CT molecular complexity index is 434. The Hall–Kier alpha value is -1.09. The molecule has 0 saturated heterocycles. The lowest BCUT2D eigenvalue weighted by Gasteiger charge is -2.04. The Balaban J connectivity index is 2.49. The smallest absolute Gasteiger partial charge is 0.0682 e. The van der Waals surface area contributed by atoms with Crippen LogP contribution in [0.25, 0.3) is 11.3 Å². The fourth-order valence-corrected chi connectivity index (χ4v) is 1.88. The predicted octanol–water partition coefficient (Wildman–Crippen LogP) is 3.33. The van der Waals surface area contributed by atoms with Gasteiger partial charge in [-0.05, 0) is 25.1 Å². The first kappa shape index (κ1) is 9.46. The third kappa shape index (κ3) is 1.73. The zero-order chi connectivity index (χ0) is 9.97. The van der Waals surface area contributed by atoms with Crippen molar-refractivity contribution in [1.29, 1.82) is 0 Å². The minimum atomic E-state index is 0.898. The first-order chi connectivity index (χ1) is 6.81. The summed E-state index contributed by atoms with van der Waals surface area (Å²) in [5, 5.41) is 4.24. The van der Waals surface area contributed by atoms with Gasteiger partial charge in [-0.25, -0.2) is 0 Å². The summed E-state index contributed by atoms with van der Waals surface area (Å²) in [5.41, 5.74) is 2.35. The van der Waals surface area contributed by atoms with Crippen LogP contribution in [0.5, 0.6) is 0 Å². The Labute approximate surface area is 91.7 Å². The molecule has 14 heavy (non-hydrogen) atoms. The molecule has 0 aliphatic rings. The highest BCUT2D eigenvalue weighted by atomic mass is 79.9. The second-order valence-electron chi connectivity index (χ2n) is 3.04. The van der Waals surface area contributed by atoms with Crippen molar-refractivity contribution in [2.24, 2.45) is 0 Å². The number of aryl methyl sites for hydroxylation is 1. The van der Waals surface area contributed by atoms with Crippen LogP contribution in [-0.4, -0.2) is 9.78 Å². The summed E-state index contributed by atoms with van der Waals surface area (Å²) in [6.45, 7) is 2.99. The highest BCUT2D eigenvalue weighted by molar-refractivity contribution is 9.10. The van der Waals surface area contributed by atoms with Crippen molar-refractivity contribution in [2.75, 3.05) is 0 Å². The molecule has 0 fully saturated rings. The van der Waals surface area contributed by atoms with E-state index in [1.807, 2.05) is 29.1 Å². The number of halogens is 1. The average molecular weight is 251 g/mol. The Morgan fingerprint density at radius 3 is 2.93 bits per heavy atom. The zero-order valence-corrected chi connectivity index (χ0v) is 9.53. The van der Waals surface area contributed by atoms with Crippen molar-refractivity contribution < 1.29 is 0 Å². The van der Waals surface area contributed by atoms with E-state index in [-0.39, 0.29) is 0 Å². The minimum Gasteiger partial charge on any atom is -0.265 e. The van der Waals surface area contributed by atoms with E-state index in [2.05, 4.69) is 40.1 Å². The average Bonchev–Trinajstić information content (AvgIpc) is 2.65. The lowest BCUT2D eigenvalue weighted by atomic mass is 10.1. The molecule has 2 rings (SSSR count). The molecule has 2 aromatic rings. The summed E-state index contributed by atoms with van der Waals surface area (Å²) < 4.78 is 3.08. The molecule has 3 heteroatoms. The van der Waals surface area contributed by atoms with Crippen LogP contribution in [-0.2, 0) is 6.54 Å². The molecule has 0 saturated carbocycles. The minimum absolute atomic E-state index is 0.898. The van der Waals surface area contributed by atoms with Crippen LogP contribution in [0.4, 0.5) is 0 Å². The SMILES string of the molecule is CCn1nccc1-c1cccc(Br)c1. The van der Waals surface area contributed by atoms with Gasteiger partial charge in [-0.3, -0.25) is 4.68 Å². The van der Waals surface area contributed by atoms with E-state index in [4.69, 9.17) is 0 Å². The highest BCUT2D eigenvalue weighted by Crippen LogP contribution is 2.22. The van der Waals surface area contributed by atoms with Gasteiger partial charge in [0, 0.05) is 22.8 Å². The van der Waals surface area contributed by atoms with Crippen LogP contribution < -0.4 is 0 Å². The molecule has 0 unspecified atom stereocenters. The quantitative estimate of drug-likeness (QED) is 0.800. The number of nitrogens with zero attached hydrogens (tertiary/aromatic N) is 2. The van der Waals surface area contributed by atoms with Gasteiger partial charge in [0.15, 0.2) is 0 Å². The van der Waals surface area contributed by atoms with Gasteiger partial charge in [-0.15, -0.1) is 0 Å². The van der Waals surface area contributed by atoms with Crippen molar-refractivity contribution in [2.45, 2.75) is 13.5 Å². The monoisotopic (exact) mass is 250 g/mol. The maximum Gasteiger partial charge on any atom is 0.0682 e. The van der Waals surface area contributed by atoms with Crippen LogP contribution in [0.3, 0.4) is 0 Å². The summed E-state index contributed by atoms with van der Waals surface area (Å²) in [7, 11) is 0. The standard InChI is InChI=1S/C11H11BrN2/c1-2-14-11(6-7-13-14)9-4-3-5-10(12)8-9/h3-8H,2H2,1H3. The fourth-order valence-electron chi connectivity index (χ4n) is 1.48. The fraction of sp³-hybridized carbons (Fsp3) is 0.182. The molecule has 72 valence electrons. The van der Waals surface area contributed by atoms with Gasteiger partial charge in [0.05, 0.1) is 5.69 Å². The highest BCUT2D eigenvalue weighted by Gasteiger charge is 2.03. The molecule has 0 bridgehead atoms. The third-order valence-electron chi connectivity index (χ3n) is 2.14. The number of hydrogen-bond donors (Lipinski definition) is 0. The van der Waals surface area contributed by atoms with Crippen molar-refractivity contribution in [1.82, 2.24) is 9.78 Å². The van der Waals surface area contributed by atoms with Crippen LogP contribution in [0.2, 0.25) is 0 Å². The maximum atomic E-state index is 4.24. The second-order valence-corrected chi connectivity index (χ2v) is 3.96. The van der Waals surface area contributed by atoms with Gasteiger partial charge in [0.1, 0.15) is 0 Å². The van der Waals surface area contributed by atoms with Crippen molar-refractivity contribution in [3.8, 4) is 11.3 Å². The van der Waals surface area contributed by atoms with E-state index in [1.54, 1.807) is 0 Å². The largest absolute Gasteiger partial charge is 0.265 e. The van der Waals surface area contributed by atoms with Crippen LogP contribution >= 0.6 is 15.9 Å². The molecule has 0 N–H and O–H groups in total. The van der Waals surface area contributed by atoms with Gasteiger partial charge in [-0.2, -0.15) is 5.10 Å². The maximum absolute atomic E-state index is 4.24. The second kappa shape index (κ2) is 3.96. The molecule has 1 heterocycles. The van der Waals surface area contributed by atoms with Crippen LogP contribution in [0.1, 0.15) is 6.92 Å². The number of benzene rings is 1. The molecule has 0 radical (unpaired) electrons. The van der Waals surface area contributed by atoms with Gasteiger partial charge in [0.2, 0.25) is 0 Å². The zero-order valence-electron chi connectivity index (χ0n) is 7.94. The number of aromatic nitrogens is 2. The first-order valence-electron chi connectivity index (χ1n) is 4.59. The molecule has 1 aromatic carbocycles. The summed E-state index contributed by atoms with van der Waals surface area (Å²) in [6.07, 6.45) is 1.83. The Morgan fingerprint density at radius 1 is 1.36 bits per heavy atom. The topological polar surface area (TPSA) is 17.8 Å². The number of hydrogen-bond acceptors (Lipinski definition) is 1. The predicted molar refractivity (Wildman–Crippen MR) is 61.0 cm³/mol. The third-order valence-corrected chi connectivity index (χ3v) is 2.63. The molecule has 0 atom stereocenters. The summed E-state index contributed by atoms with van der Waals surface area (Å²) >= 11 is 3.46. The molecular formula is C11H11BrN2. The van der Waals surface area contributed by atoms with Gasteiger partial charge >= 0.3 is 0 Å². The van der Waals surface area contributed by atoms with Gasteiger partial charge in [-0.1, -0.05) is 28.1 Å². The summed E-state index contributed by atoms with van der Waals surface area (Å²) in [5.74, 6) is 0. The molecule has 0 amide bonds. The van der Waals surface area contributed by atoms with Gasteiger partial charge < -0.3 is 0 Å². The Kier molecular flexibility index (Phi) is 2.68. The van der Waals surface area contributed by atoms with Gasteiger partial charge in [0.25, 0.3) is 0 Å². The molecule has 0 aliphatic heterocycles. The van der Waals surface area contributed by atoms with Crippen molar-refractivity contribution in [3.63, 3.8) is 0 Å². The van der Waals surface area contributed by atoms with E-state index in [0.29, 0.717) is 0 Å². The first-order valence-corrected chi connectivity index (χ1v) is 5.38. The van der Waals surface area contributed by atoms with E-state index in [0.717, 1.165) is 16.7 Å². The van der Waals surface area contributed by atoms with E-state index >= 15 is 0 Å². The summed E-state index contributed by atoms with van der Waals surface area (Å²) in [6, 6.07) is 10.3. The van der Waals surface area contributed by atoms with Crippen LogP contribution in [0, 0.1) is 0 Å². The molecule has 2 nitrogen and oxygen atoms in total. The van der Waals surface area contributed by atoms with E-state index in [1.165, 1.54) is 5.56 Å². The van der Waals surface area contributed by atoms with Crippen molar-refractivity contribution >= 4 is 15.9 Å². The normalized spacial score (nSPS) is 10.4. The van der Waals surface area contributed by atoms with E-state index in [9.17, 15) is 0 Å². The molecule has 0 spiro atoms. The molecular weight excluding hydrogens is 240 g/mol. The number of rotatable bonds is 2. The van der Waals surface area contributed by atoms with Crippen molar-refractivity contribution in [3.05, 3.63) is 41.0 Å². The lowest BCUT2D eigenvalue weighted by molar-refractivity contribution is 0.667. The lowest BCUT2D eigenvalue weighted by Crippen LogP contribution is -1.98. The Morgan fingerprint density at radius 2 is 2.21 bits per heavy atom. The molecule has 1 aromatic heterocycles.